The zero-order chi connectivity index (χ0) is 105. The third kappa shape index (κ3) is 26.9. The number of rotatable bonds is 37. The van der Waals surface area contributed by atoms with Gasteiger partial charge < -0.3 is 62.9 Å². The van der Waals surface area contributed by atoms with Crippen molar-refractivity contribution in [3.05, 3.63) is 126 Å². The largest absolute Gasteiger partial charge is 0.491 e. The van der Waals surface area contributed by atoms with E-state index < -0.39 is 109 Å². The van der Waals surface area contributed by atoms with Crippen molar-refractivity contribution >= 4 is 152 Å². The highest BCUT2D eigenvalue weighted by molar-refractivity contribution is 9.10. The minimum absolute atomic E-state index is 0.0605. The van der Waals surface area contributed by atoms with E-state index in [0.717, 1.165) is 75.0 Å². The van der Waals surface area contributed by atoms with Crippen LogP contribution in [0.5, 0.6) is 17.2 Å². The number of likely N-dealkylation sites (tertiary alicyclic amines) is 3. The molecular formula is C109H141BrCl2N10O21S3. The van der Waals surface area contributed by atoms with Gasteiger partial charge in [0.1, 0.15) is 64.4 Å². The topological polar surface area (TPSA) is 371 Å². The number of nitrogens with one attached hydrogen (secondary N) is 2. The fourth-order valence-electron chi connectivity index (χ4n) is 21.6. The third-order valence-corrected chi connectivity index (χ3v) is 34.4. The summed E-state index contributed by atoms with van der Waals surface area (Å²) in [4.78, 5) is 162. The molecular weight excluding hydrogens is 2030 g/mol. The molecule has 3 aromatic carbocycles. The number of Topliss-reactive ketones (excluding diaryl/α,β-unsaturated/α-hetero) is 2. The summed E-state index contributed by atoms with van der Waals surface area (Å²) in [6, 6.07) is 14.8. The van der Waals surface area contributed by atoms with Crippen LogP contribution in [0.2, 0.25) is 10.0 Å². The van der Waals surface area contributed by atoms with E-state index in [0.29, 0.717) is 152 Å². The van der Waals surface area contributed by atoms with Gasteiger partial charge in [-0.2, -0.15) is 8.42 Å². The van der Waals surface area contributed by atoms with Crippen LogP contribution in [0.3, 0.4) is 0 Å². The maximum absolute atomic E-state index is 15.0. The first-order valence-corrected chi connectivity index (χ1v) is 56.0. The lowest BCUT2D eigenvalue weighted by Crippen LogP contribution is -2.50. The monoisotopic (exact) mass is 2170 g/mol. The fraction of sp³-hybridized carbons (Fsp3) is 0.606. The number of allylic oxidation sites excluding steroid dienone is 2. The van der Waals surface area contributed by atoms with Gasteiger partial charge in [0, 0.05) is 122 Å². The number of anilines is 1. The van der Waals surface area contributed by atoms with Crippen molar-refractivity contribution in [2.24, 2.45) is 74.9 Å². The molecule has 4 aromatic heterocycles. The smallest absolute Gasteiger partial charge is 0.410 e. The third-order valence-electron chi connectivity index (χ3n) is 30.1. The number of carbonyl (C=O) groups is 9. The number of aromatic amines is 1. The van der Waals surface area contributed by atoms with E-state index in [-0.39, 0.29) is 110 Å². The number of ketones is 2. The van der Waals surface area contributed by atoms with Gasteiger partial charge in [0.25, 0.3) is 10.1 Å². The normalized spacial score (nSPS) is 25.2. The fourth-order valence-corrected chi connectivity index (χ4v) is 25.3. The summed E-state index contributed by atoms with van der Waals surface area (Å²) in [7, 11) is -1.64. The van der Waals surface area contributed by atoms with Gasteiger partial charge >= 0.3 is 30.0 Å². The van der Waals surface area contributed by atoms with Gasteiger partial charge in [0.2, 0.25) is 11.8 Å². The SMILES string of the molecule is C=C[C@@H]1CC1(CC(=O)[C@@H]1C[C@@H](OS(=O)(=O)c2ccc(Br)cc2)CN1C(=O)[C@@H](CC(=O)OC1C[C@@H]2C[C@@H]2C1)C(C)(C)C)C(=O)OC.C=C[C@@H]1CC1(CC(=O)[C@@H]1C[C@@H](Oc2cc(-c3csc(CC(C)C)n3)nc3c(Cl)c(OCCN4CCCCC4)ccc23)CN1C(=O)[C@@H](CC(=O)OC1C[C@@H]2C[C@@H]2C1)C(C)(C)C)C(=O)OC.CC(C)Nc1nc(-c2cc(=O)c3ccc(OCCN4CCN(C(=O)OC(C)(C)C)CC4)c(Cl)c3[nH]2)cs1. The Hall–Kier alpha value is -9.46. The minimum Gasteiger partial charge on any atom is -0.491 e. The summed E-state index contributed by atoms with van der Waals surface area (Å²) in [5, 5.41) is 10.8. The molecule has 6 saturated carbocycles. The average Bonchev–Trinajstić information content (AvgIpc) is 1.58. The van der Waals surface area contributed by atoms with E-state index >= 15 is 0 Å². The Morgan fingerprint density at radius 3 is 1.60 bits per heavy atom. The summed E-state index contributed by atoms with van der Waals surface area (Å²) < 4.78 is 79.2. The van der Waals surface area contributed by atoms with Crippen LogP contribution in [-0.2, 0) is 82.8 Å². The molecule has 0 spiro atoms. The highest BCUT2D eigenvalue weighted by atomic mass is 79.9. The average molecular weight is 2170 g/mol. The zero-order valence-electron chi connectivity index (χ0n) is 86.5. The van der Waals surface area contributed by atoms with Crippen LogP contribution in [0.25, 0.3) is 44.6 Å². The Morgan fingerprint density at radius 2 is 1.10 bits per heavy atom. The van der Waals surface area contributed by atoms with Crippen LogP contribution in [-0.4, -0.2) is 247 Å². The number of nitrogens with zero attached hydrogens (tertiary/aromatic N) is 8. The van der Waals surface area contributed by atoms with E-state index in [4.69, 9.17) is 75.2 Å². The van der Waals surface area contributed by atoms with E-state index in [1.165, 1.54) is 74.7 Å². The lowest BCUT2D eigenvalue weighted by Gasteiger charge is -2.35. The maximum Gasteiger partial charge on any atom is 0.410 e. The van der Waals surface area contributed by atoms with Crippen LogP contribution >= 0.6 is 61.8 Å². The van der Waals surface area contributed by atoms with Gasteiger partial charge in [0.15, 0.2) is 22.1 Å². The molecule has 0 bridgehead atoms. The number of hydrogen-bond donors (Lipinski definition) is 2. The molecule has 0 radical (unpaired) electrons. The molecule has 17 rings (SSSR count). The molecule has 3 amide bonds. The van der Waals surface area contributed by atoms with Crippen molar-refractivity contribution in [3.63, 3.8) is 0 Å². The van der Waals surface area contributed by atoms with E-state index in [9.17, 15) is 56.4 Å². The molecule has 4 aliphatic heterocycles. The van der Waals surface area contributed by atoms with Crippen molar-refractivity contribution in [3.8, 4) is 40.0 Å². The molecule has 792 valence electrons. The number of H-pyrrole nitrogens is 1. The summed E-state index contributed by atoms with van der Waals surface area (Å²) in [5.74, 6) is -0.853. The number of carbonyl (C=O) groups excluding carboxylic acids is 9. The number of esters is 4. The number of amides is 3. The van der Waals surface area contributed by atoms with Crippen LogP contribution in [0, 0.1) is 74.9 Å². The summed E-state index contributed by atoms with van der Waals surface area (Å²) in [6.07, 6.45) is 11.9. The second kappa shape index (κ2) is 46.2. The molecule has 146 heavy (non-hydrogen) atoms. The minimum atomic E-state index is -4.23. The Bertz CT molecular complexity index is 6160. The molecule has 7 aromatic rings. The molecule has 6 aliphatic carbocycles. The predicted molar refractivity (Wildman–Crippen MR) is 564 cm³/mol. The van der Waals surface area contributed by atoms with E-state index in [1.54, 1.807) is 63.6 Å². The highest BCUT2D eigenvalue weighted by Crippen LogP contribution is 2.60. The molecule has 16 atom stereocenters. The van der Waals surface area contributed by atoms with Crippen LogP contribution in [0.15, 0.2) is 111 Å². The Labute approximate surface area is 882 Å². The number of fused-ring (bicyclic) bond motifs is 4. The number of hydrogen-bond acceptors (Lipinski definition) is 29. The quantitative estimate of drug-likeness (QED) is 0.0158. The van der Waals surface area contributed by atoms with Gasteiger partial charge in [-0.3, -0.25) is 57.1 Å². The van der Waals surface area contributed by atoms with Crippen molar-refractivity contribution in [1.82, 2.24) is 44.4 Å². The molecule has 8 heterocycles. The lowest BCUT2D eigenvalue weighted by atomic mass is 9.77. The number of ether oxygens (including phenoxy) is 8. The number of halogens is 3. The van der Waals surface area contributed by atoms with Crippen LogP contribution in [0.4, 0.5) is 9.93 Å². The maximum atomic E-state index is 15.0. The number of piperazine rings is 1. The molecule has 10 fully saturated rings. The second-order valence-electron chi connectivity index (χ2n) is 45.0. The van der Waals surface area contributed by atoms with Gasteiger partial charge in [-0.15, -0.1) is 35.8 Å². The first-order valence-electron chi connectivity index (χ1n) is 51.3. The van der Waals surface area contributed by atoms with Gasteiger partial charge in [-0.25, -0.2) is 19.7 Å². The van der Waals surface area contributed by atoms with Gasteiger partial charge in [-0.05, 0) is 213 Å². The molecule has 31 nitrogen and oxygen atoms in total. The molecule has 2 N–H and O–H groups in total. The predicted octanol–water partition coefficient (Wildman–Crippen LogP) is 19.0. The number of thiazole rings is 2. The molecule has 4 saturated heterocycles. The first kappa shape index (κ1) is 111. The Kier molecular flexibility index (Phi) is 35.0. The van der Waals surface area contributed by atoms with Crippen molar-refractivity contribution < 1.29 is 93.6 Å². The van der Waals surface area contributed by atoms with Gasteiger partial charge in [-0.1, -0.05) is 113 Å². The lowest BCUT2D eigenvalue weighted by molar-refractivity contribution is -0.157. The standard InChI is InChI=1S/C50H65ClN4O8S.C33H42BrNO9S.C26H34ClN5O4S/c1-8-32-25-50(32,48(59)60-7)26-40(56)39-22-34(27-55(39)47(58)36(49(4,5)6)23-44(57)63-33-20-30-19-31(30)21-33)62-42-24-37(38-28-64-43(52-38)18-29(2)3)53-46-35(42)12-13-41(45(46)51)61-17-16-54-14-10-9-11-15-54;1-6-21-16-33(21,31(39)42-5)17-28(36)27-14-24(44-45(40,41)25-9-7-22(34)8-10-25)18-35(27)30(38)26(32(2,3)4)15-29(37)43-23-12-19-11-20(19)13-23;1-16(2)28-24-30-19(15-37-24)18-14-20(33)17-6-7-21(22(27)23(17)29-18)35-13-12-31-8-10-32(11-9-31)25(34)36-26(3,4)5/h8,12-13,24,28-34,36,39H,1,9-11,14-23,25-27H2,2-7H3;6-10,19-21,23-24,26-27H,1,11-18H2,2-5H3;6-7,14-16H,8-13H2,1-5H3,(H,28,30)(H,29,33)/t30-,31+,32-,33?,34-,36-,39+,50?;19-,20+,21-,23?,24-,26-,27+,33?;/m11./s1. The van der Waals surface area contributed by atoms with Crippen LogP contribution in [0.1, 0.15) is 204 Å². The number of aromatic nitrogens is 4. The van der Waals surface area contributed by atoms with Crippen molar-refractivity contribution in [2.75, 3.05) is 98.2 Å². The highest BCUT2D eigenvalue weighted by Gasteiger charge is 2.64. The zero-order valence-corrected chi connectivity index (χ0v) is 92.0. The van der Waals surface area contributed by atoms with E-state index in [2.05, 4.69) is 68.0 Å². The summed E-state index contributed by atoms with van der Waals surface area (Å²) in [6.45, 7) is 40.2. The molecule has 37 heteroatoms. The summed E-state index contributed by atoms with van der Waals surface area (Å²) in [5.41, 5.74) is -0.467. The Balaban J connectivity index is 0.000000172. The number of pyridine rings is 2. The Morgan fingerprint density at radius 1 is 0.589 bits per heavy atom. The molecule has 10 aliphatic rings. The van der Waals surface area contributed by atoms with Crippen molar-refractivity contribution in [2.45, 2.75) is 259 Å². The van der Waals surface area contributed by atoms with Gasteiger partial charge in [0.05, 0.1) is 118 Å². The summed E-state index contributed by atoms with van der Waals surface area (Å²) >= 11 is 20.2. The number of benzene rings is 3. The molecule has 4 unspecified atom stereocenters. The van der Waals surface area contributed by atoms with Crippen molar-refractivity contribution in [1.29, 1.82) is 0 Å². The number of methoxy groups -OCH3 is 2. The van der Waals surface area contributed by atoms with E-state index in [1.807, 2.05) is 105 Å². The first-order chi connectivity index (χ1) is 69.1. The number of piperidine rings is 1. The van der Waals surface area contributed by atoms with Crippen LogP contribution < -0.4 is 25.0 Å². The second-order valence-corrected chi connectivity index (χ2v) is 50.1.